The third kappa shape index (κ3) is 4.47. The summed E-state index contributed by atoms with van der Waals surface area (Å²) in [6.07, 6.45) is 3.19. The van der Waals surface area contributed by atoms with Gasteiger partial charge in [-0.05, 0) is 39.5 Å². The Labute approximate surface area is 120 Å². The first-order valence-corrected chi connectivity index (χ1v) is 7.38. The van der Waals surface area contributed by atoms with Crippen molar-refractivity contribution in [2.45, 2.75) is 39.2 Å². The van der Waals surface area contributed by atoms with Crippen LogP contribution in [0.4, 0.5) is 9.18 Å². The molecule has 0 bridgehead atoms. The van der Waals surface area contributed by atoms with E-state index in [1.165, 1.54) is 0 Å². The molecule has 0 N–H and O–H groups in total. The van der Waals surface area contributed by atoms with E-state index in [2.05, 4.69) is 4.90 Å². The minimum absolute atomic E-state index is 0.0294. The van der Waals surface area contributed by atoms with Crippen molar-refractivity contribution in [1.29, 1.82) is 0 Å². The van der Waals surface area contributed by atoms with Crippen LogP contribution in [0.1, 0.15) is 33.6 Å². The Hall–Kier alpha value is -1.10. The third-order valence-corrected chi connectivity index (χ3v) is 3.64. The fourth-order valence-electron chi connectivity index (χ4n) is 2.76. The van der Waals surface area contributed by atoms with E-state index in [1.54, 1.807) is 11.0 Å². The highest BCUT2D eigenvalue weighted by Gasteiger charge is 2.31. The lowest BCUT2D eigenvalue weighted by molar-refractivity contribution is 0.0285. The molecule has 2 aliphatic rings. The molecule has 0 saturated carbocycles. The Balaban J connectivity index is 1.78. The number of ether oxygens (including phenoxy) is 1. The van der Waals surface area contributed by atoms with Crippen LogP contribution in [0, 0.1) is 5.92 Å². The Morgan fingerprint density at radius 2 is 2.20 bits per heavy atom. The average Bonchev–Trinajstić information content (AvgIpc) is 2.75. The molecule has 1 fully saturated rings. The van der Waals surface area contributed by atoms with Gasteiger partial charge >= 0.3 is 6.09 Å². The van der Waals surface area contributed by atoms with Crippen LogP contribution in [0.5, 0.6) is 0 Å². The Kier molecular flexibility index (Phi) is 4.68. The van der Waals surface area contributed by atoms with Crippen LogP contribution in [-0.4, -0.2) is 54.2 Å². The van der Waals surface area contributed by atoms with Crippen molar-refractivity contribution in [2.75, 3.05) is 32.7 Å². The van der Waals surface area contributed by atoms with E-state index >= 15 is 0 Å². The summed E-state index contributed by atoms with van der Waals surface area (Å²) in [7, 11) is 0. The third-order valence-electron chi connectivity index (χ3n) is 3.64. The monoisotopic (exact) mass is 284 g/mol. The highest BCUT2D eigenvalue weighted by atomic mass is 19.1. The van der Waals surface area contributed by atoms with Crippen molar-refractivity contribution < 1.29 is 13.9 Å². The number of hydrogen-bond acceptors (Lipinski definition) is 3. The maximum Gasteiger partial charge on any atom is 0.410 e. The molecule has 114 valence electrons. The van der Waals surface area contributed by atoms with Crippen molar-refractivity contribution in [3.05, 3.63) is 11.9 Å². The number of likely N-dealkylation sites (tertiary alicyclic amines) is 1. The summed E-state index contributed by atoms with van der Waals surface area (Å²) in [5.74, 6) is 0.395. The van der Waals surface area contributed by atoms with Gasteiger partial charge in [0.05, 0.1) is 0 Å². The van der Waals surface area contributed by atoms with Crippen molar-refractivity contribution in [1.82, 2.24) is 9.80 Å². The SMILES string of the molecule is CC(C)(C)OC(=O)N1CCC(CN2CCC=C(F)C2)C1. The summed E-state index contributed by atoms with van der Waals surface area (Å²) in [5.41, 5.74) is -0.448. The van der Waals surface area contributed by atoms with Gasteiger partial charge in [0.2, 0.25) is 0 Å². The van der Waals surface area contributed by atoms with E-state index in [1.807, 2.05) is 20.8 Å². The van der Waals surface area contributed by atoms with Gasteiger partial charge in [-0.2, -0.15) is 0 Å². The highest BCUT2D eigenvalue weighted by Crippen LogP contribution is 2.22. The molecule has 0 aliphatic carbocycles. The van der Waals surface area contributed by atoms with E-state index in [4.69, 9.17) is 4.74 Å². The molecule has 2 aliphatic heterocycles. The van der Waals surface area contributed by atoms with Crippen LogP contribution >= 0.6 is 0 Å². The summed E-state index contributed by atoms with van der Waals surface area (Å²) in [4.78, 5) is 15.9. The minimum Gasteiger partial charge on any atom is -0.444 e. The Bertz CT molecular complexity index is 390. The van der Waals surface area contributed by atoms with Crippen LogP contribution < -0.4 is 0 Å². The lowest BCUT2D eigenvalue weighted by Gasteiger charge is -2.27. The molecule has 0 aromatic rings. The van der Waals surface area contributed by atoms with Gasteiger partial charge < -0.3 is 9.64 Å². The second kappa shape index (κ2) is 6.12. The number of nitrogens with zero attached hydrogens (tertiary/aromatic N) is 2. The minimum atomic E-state index is -0.448. The molecule has 1 unspecified atom stereocenters. The molecule has 0 spiro atoms. The summed E-state index contributed by atoms with van der Waals surface area (Å²) in [6.45, 7) is 9.28. The van der Waals surface area contributed by atoms with E-state index in [-0.39, 0.29) is 11.9 Å². The average molecular weight is 284 g/mol. The molecular formula is C15H25FN2O2. The molecule has 0 radical (unpaired) electrons. The molecule has 5 heteroatoms. The van der Waals surface area contributed by atoms with Crippen LogP contribution in [0.2, 0.25) is 0 Å². The normalized spacial score (nSPS) is 24.7. The Morgan fingerprint density at radius 3 is 2.85 bits per heavy atom. The van der Waals surface area contributed by atoms with E-state index in [0.717, 1.165) is 39.0 Å². The van der Waals surface area contributed by atoms with Crippen LogP contribution in [0.25, 0.3) is 0 Å². The molecule has 1 amide bonds. The lowest BCUT2D eigenvalue weighted by Crippen LogP contribution is -2.37. The molecule has 20 heavy (non-hydrogen) atoms. The van der Waals surface area contributed by atoms with Crippen LogP contribution in [0.15, 0.2) is 11.9 Å². The zero-order chi connectivity index (χ0) is 14.8. The van der Waals surface area contributed by atoms with Gasteiger partial charge in [0.25, 0.3) is 0 Å². The number of rotatable bonds is 2. The van der Waals surface area contributed by atoms with E-state index < -0.39 is 5.60 Å². The first kappa shape index (κ1) is 15.3. The maximum atomic E-state index is 13.2. The molecule has 1 saturated heterocycles. The van der Waals surface area contributed by atoms with Gasteiger partial charge in [-0.15, -0.1) is 0 Å². The topological polar surface area (TPSA) is 32.8 Å². The van der Waals surface area contributed by atoms with Crippen molar-refractivity contribution in [2.24, 2.45) is 5.92 Å². The fourth-order valence-corrected chi connectivity index (χ4v) is 2.76. The second-order valence-corrected chi connectivity index (χ2v) is 6.76. The number of hydrogen-bond donors (Lipinski definition) is 0. The number of amides is 1. The predicted molar refractivity (Wildman–Crippen MR) is 76.2 cm³/mol. The molecule has 0 aromatic carbocycles. The van der Waals surface area contributed by atoms with Gasteiger partial charge in [0, 0.05) is 32.7 Å². The van der Waals surface area contributed by atoms with Crippen LogP contribution in [-0.2, 0) is 4.74 Å². The standard InChI is InChI=1S/C15H25FN2O2/c1-15(2,3)20-14(19)18-8-6-12(10-18)9-17-7-4-5-13(16)11-17/h5,12H,4,6-11H2,1-3H3. The molecule has 1 atom stereocenters. The quantitative estimate of drug-likeness (QED) is 0.781. The largest absolute Gasteiger partial charge is 0.444 e. The molecule has 2 heterocycles. The molecule has 2 rings (SSSR count). The van der Waals surface area contributed by atoms with Gasteiger partial charge in [-0.1, -0.05) is 6.08 Å². The molecular weight excluding hydrogens is 259 g/mol. The first-order chi connectivity index (χ1) is 9.33. The lowest BCUT2D eigenvalue weighted by atomic mass is 10.1. The smallest absolute Gasteiger partial charge is 0.410 e. The van der Waals surface area contributed by atoms with Gasteiger partial charge in [-0.25, -0.2) is 9.18 Å². The summed E-state index contributed by atoms with van der Waals surface area (Å²) in [6, 6.07) is 0. The fraction of sp³-hybridized carbons (Fsp3) is 0.800. The van der Waals surface area contributed by atoms with Gasteiger partial charge in [-0.3, -0.25) is 4.90 Å². The predicted octanol–water partition coefficient (Wildman–Crippen LogP) is 2.80. The highest BCUT2D eigenvalue weighted by molar-refractivity contribution is 5.68. The Morgan fingerprint density at radius 1 is 1.45 bits per heavy atom. The van der Waals surface area contributed by atoms with Crippen LogP contribution in [0.3, 0.4) is 0 Å². The summed E-state index contributed by atoms with van der Waals surface area (Å²) >= 11 is 0. The number of carbonyl (C=O) groups excluding carboxylic acids is 1. The maximum absolute atomic E-state index is 13.2. The van der Waals surface area contributed by atoms with Crippen molar-refractivity contribution in [3.8, 4) is 0 Å². The van der Waals surface area contributed by atoms with E-state index in [9.17, 15) is 9.18 Å². The molecule has 4 nitrogen and oxygen atoms in total. The summed E-state index contributed by atoms with van der Waals surface area (Å²) in [5, 5.41) is 0. The summed E-state index contributed by atoms with van der Waals surface area (Å²) < 4.78 is 18.6. The number of halogens is 1. The van der Waals surface area contributed by atoms with Gasteiger partial charge in [0.1, 0.15) is 11.4 Å². The molecule has 0 aromatic heterocycles. The van der Waals surface area contributed by atoms with Gasteiger partial charge in [0.15, 0.2) is 0 Å². The second-order valence-electron chi connectivity index (χ2n) is 6.76. The van der Waals surface area contributed by atoms with Crippen molar-refractivity contribution in [3.63, 3.8) is 0 Å². The number of carbonyl (C=O) groups is 1. The zero-order valence-electron chi connectivity index (χ0n) is 12.7. The first-order valence-electron chi connectivity index (χ1n) is 7.38. The zero-order valence-corrected chi connectivity index (χ0v) is 12.7. The van der Waals surface area contributed by atoms with E-state index in [0.29, 0.717) is 12.5 Å². The van der Waals surface area contributed by atoms with Crippen molar-refractivity contribution >= 4 is 6.09 Å².